The standard InChI is InChI=1S/C43H41F3N4O5/c44-43(45,46)33-11-9-28(10-12-33)26-50(38(51)27-49-39(52)36-7-3-4-8-37(36)40(49)53)42(18-17-31-23-29-5-1-2-6-30(29)24-32(31)25-42)41(54)47-34-13-15-35(16-14-34)48-19-21-55-22-20-48/h1-16,31-32H,17-27H2,(H,47,54)/t31-,32+,42-/m1/s1. The number of fused-ring (bicyclic) bond motifs is 3. The van der Waals surface area contributed by atoms with Gasteiger partial charge in [0, 0.05) is 31.0 Å². The van der Waals surface area contributed by atoms with Crippen molar-refractivity contribution in [2.45, 2.75) is 50.4 Å². The number of hydrogen-bond donors (Lipinski definition) is 1. The minimum absolute atomic E-state index is 0.0142. The van der Waals surface area contributed by atoms with E-state index < -0.39 is 47.5 Å². The highest BCUT2D eigenvalue weighted by molar-refractivity contribution is 6.22. The summed E-state index contributed by atoms with van der Waals surface area (Å²) in [6, 6.07) is 26.6. The van der Waals surface area contributed by atoms with Crippen molar-refractivity contribution in [3.63, 3.8) is 0 Å². The number of carbonyl (C=O) groups excluding carboxylic acids is 4. The van der Waals surface area contributed by atoms with Gasteiger partial charge in [-0.2, -0.15) is 13.2 Å². The van der Waals surface area contributed by atoms with Gasteiger partial charge in [0.1, 0.15) is 12.1 Å². The van der Waals surface area contributed by atoms with Crippen LogP contribution in [0.25, 0.3) is 0 Å². The minimum atomic E-state index is -4.56. The summed E-state index contributed by atoms with van der Waals surface area (Å²) in [6.45, 7) is 1.89. The maximum Gasteiger partial charge on any atom is 0.416 e. The van der Waals surface area contributed by atoms with Crippen LogP contribution in [-0.4, -0.2) is 71.8 Å². The molecule has 3 atom stereocenters. The van der Waals surface area contributed by atoms with E-state index in [4.69, 9.17) is 4.74 Å². The minimum Gasteiger partial charge on any atom is -0.378 e. The van der Waals surface area contributed by atoms with Crippen LogP contribution in [0.15, 0.2) is 97.1 Å². The highest BCUT2D eigenvalue weighted by Gasteiger charge is 2.53. The SMILES string of the molecule is O=C1c2ccccc2C(=O)N1CC(=O)N(Cc1ccc(C(F)(F)F)cc1)[C@]1(C(=O)Nc2ccc(N3CCOCC3)cc2)CC[C@@H]2Cc3ccccc3C[C@H]2C1. The fraction of sp³-hybridized carbons (Fsp3) is 0.349. The molecule has 0 radical (unpaired) electrons. The molecule has 2 aliphatic carbocycles. The Balaban J connectivity index is 1.16. The molecule has 0 bridgehead atoms. The number of imide groups is 1. The number of benzene rings is 4. The second-order valence-corrected chi connectivity index (χ2v) is 15.0. The molecule has 9 nitrogen and oxygen atoms in total. The number of alkyl halides is 3. The van der Waals surface area contributed by atoms with Crippen LogP contribution in [0.2, 0.25) is 0 Å². The maximum atomic E-state index is 15.0. The molecule has 2 heterocycles. The number of nitrogens with zero attached hydrogens (tertiary/aromatic N) is 3. The van der Waals surface area contributed by atoms with E-state index in [-0.39, 0.29) is 42.3 Å². The average molecular weight is 751 g/mol. The summed E-state index contributed by atoms with van der Waals surface area (Å²) in [7, 11) is 0. The first kappa shape index (κ1) is 36.5. The van der Waals surface area contributed by atoms with Crippen LogP contribution in [0.5, 0.6) is 0 Å². The van der Waals surface area contributed by atoms with Crippen LogP contribution in [0.3, 0.4) is 0 Å². The Hall–Kier alpha value is -5.49. The molecule has 284 valence electrons. The Kier molecular flexibility index (Phi) is 9.71. The van der Waals surface area contributed by atoms with Crippen molar-refractivity contribution in [2.24, 2.45) is 11.8 Å². The molecule has 1 saturated heterocycles. The Labute approximate surface area is 317 Å². The summed E-state index contributed by atoms with van der Waals surface area (Å²) >= 11 is 0. The van der Waals surface area contributed by atoms with Gasteiger partial charge in [-0.3, -0.25) is 24.1 Å². The van der Waals surface area contributed by atoms with E-state index in [9.17, 15) is 27.6 Å². The van der Waals surface area contributed by atoms with Crippen LogP contribution in [-0.2, 0) is 39.9 Å². The first-order valence-corrected chi connectivity index (χ1v) is 18.7. The Morgan fingerprint density at radius 2 is 1.40 bits per heavy atom. The third-order valence-electron chi connectivity index (χ3n) is 11.8. The number of hydrogen-bond acceptors (Lipinski definition) is 6. The molecule has 2 fully saturated rings. The second-order valence-electron chi connectivity index (χ2n) is 15.0. The van der Waals surface area contributed by atoms with E-state index in [0.717, 1.165) is 42.2 Å². The van der Waals surface area contributed by atoms with Gasteiger partial charge in [0.25, 0.3) is 11.8 Å². The third kappa shape index (κ3) is 7.11. The summed E-state index contributed by atoms with van der Waals surface area (Å²) in [5.41, 5.74) is 2.41. The number of rotatable bonds is 8. The van der Waals surface area contributed by atoms with Crippen LogP contribution in [0, 0.1) is 11.8 Å². The highest BCUT2D eigenvalue weighted by Crippen LogP contribution is 2.47. The van der Waals surface area contributed by atoms with Gasteiger partial charge >= 0.3 is 6.18 Å². The lowest BCUT2D eigenvalue weighted by molar-refractivity contribution is -0.151. The number of anilines is 2. The van der Waals surface area contributed by atoms with E-state index in [0.29, 0.717) is 37.3 Å². The van der Waals surface area contributed by atoms with Gasteiger partial charge in [-0.05, 0) is 109 Å². The van der Waals surface area contributed by atoms with Gasteiger partial charge < -0.3 is 19.9 Å². The lowest BCUT2D eigenvalue weighted by atomic mass is 9.62. The zero-order chi connectivity index (χ0) is 38.3. The topological polar surface area (TPSA) is 99.3 Å². The molecule has 0 spiro atoms. The van der Waals surface area contributed by atoms with Crippen molar-refractivity contribution in [1.82, 2.24) is 9.80 Å². The molecule has 8 rings (SSSR count). The second kappa shape index (κ2) is 14.6. The summed E-state index contributed by atoms with van der Waals surface area (Å²) in [6.07, 6.45) is -1.84. The number of halogens is 3. The number of ether oxygens (including phenoxy) is 1. The lowest BCUT2D eigenvalue weighted by Gasteiger charge is -2.51. The number of amides is 4. The highest BCUT2D eigenvalue weighted by atomic mass is 19.4. The molecular formula is C43H41F3N4O5. The normalized spacial score (nSPS) is 22.1. The third-order valence-corrected chi connectivity index (χ3v) is 11.8. The Morgan fingerprint density at radius 3 is 2.02 bits per heavy atom. The molecular weight excluding hydrogens is 709 g/mol. The zero-order valence-corrected chi connectivity index (χ0v) is 30.2. The van der Waals surface area contributed by atoms with Gasteiger partial charge in [-0.1, -0.05) is 48.5 Å². The van der Waals surface area contributed by atoms with E-state index in [1.165, 1.54) is 40.3 Å². The van der Waals surface area contributed by atoms with E-state index in [1.54, 1.807) is 12.1 Å². The predicted octanol–water partition coefficient (Wildman–Crippen LogP) is 6.76. The molecule has 12 heteroatoms. The summed E-state index contributed by atoms with van der Waals surface area (Å²) < 4.78 is 46.2. The molecule has 1 N–H and O–H groups in total. The molecule has 55 heavy (non-hydrogen) atoms. The smallest absolute Gasteiger partial charge is 0.378 e. The maximum absolute atomic E-state index is 15.0. The first-order valence-electron chi connectivity index (χ1n) is 18.7. The lowest BCUT2D eigenvalue weighted by Crippen LogP contribution is -2.63. The van der Waals surface area contributed by atoms with E-state index in [2.05, 4.69) is 22.3 Å². The number of carbonyl (C=O) groups is 4. The van der Waals surface area contributed by atoms with Gasteiger partial charge in [0.05, 0.1) is 29.9 Å². The van der Waals surface area contributed by atoms with Gasteiger partial charge in [0.2, 0.25) is 11.8 Å². The van der Waals surface area contributed by atoms with Crippen molar-refractivity contribution in [2.75, 3.05) is 43.1 Å². The average Bonchev–Trinajstić information content (AvgIpc) is 3.44. The quantitative estimate of drug-likeness (QED) is 0.200. The van der Waals surface area contributed by atoms with E-state index in [1.807, 2.05) is 36.4 Å². The van der Waals surface area contributed by atoms with Crippen molar-refractivity contribution in [1.29, 1.82) is 0 Å². The van der Waals surface area contributed by atoms with Crippen LogP contribution in [0.4, 0.5) is 24.5 Å². The number of morpholine rings is 1. The fourth-order valence-electron chi connectivity index (χ4n) is 8.85. The molecule has 2 aliphatic heterocycles. The van der Waals surface area contributed by atoms with Gasteiger partial charge in [-0.25, -0.2) is 0 Å². The zero-order valence-electron chi connectivity index (χ0n) is 30.2. The van der Waals surface area contributed by atoms with Gasteiger partial charge in [-0.15, -0.1) is 0 Å². The molecule has 0 aromatic heterocycles. The van der Waals surface area contributed by atoms with Crippen molar-refractivity contribution in [3.8, 4) is 0 Å². The fourth-order valence-corrected chi connectivity index (χ4v) is 8.85. The number of nitrogens with one attached hydrogen (secondary N) is 1. The summed E-state index contributed by atoms with van der Waals surface area (Å²) in [5, 5.41) is 3.10. The van der Waals surface area contributed by atoms with E-state index >= 15 is 4.79 Å². The molecule has 4 aromatic carbocycles. The van der Waals surface area contributed by atoms with Crippen molar-refractivity contribution in [3.05, 3.63) is 130 Å². The van der Waals surface area contributed by atoms with Crippen LogP contribution in [0.1, 0.15) is 62.2 Å². The van der Waals surface area contributed by atoms with Gasteiger partial charge in [0.15, 0.2) is 0 Å². The van der Waals surface area contributed by atoms with Crippen molar-refractivity contribution < 1.29 is 37.1 Å². The Bertz CT molecular complexity index is 2080. The monoisotopic (exact) mass is 750 g/mol. The molecule has 4 aliphatic rings. The summed E-state index contributed by atoms with van der Waals surface area (Å²) in [4.78, 5) is 61.3. The molecule has 4 aromatic rings. The first-order chi connectivity index (χ1) is 26.5. The Morgan fingerprint density at radius 1 is 0.800 bits per heavy atom. The predicted molar refractivity (Wildman–Crippen MR) is 199 cm³/mol. The molecule has 1 saturated carbocycles. The van der Waals surface area contributed by atoms with Crippen LogP contribution >= 0.6 is 0 Å². The van der Waals surface area contributed by atoms with Crippen LogP contribution < -0.4 is 10.2 Å². The summed E-state index contributed by atoms with van der Waals surface area (Å²) in [5.74, 6) is -2.04. The van der Waals surface area contributed by atoms with Crippen molar-refractivity contribution >= 4 is 35.0 Å². The largest absolute Gasteiger partial charge is 0.416 e. The molecule has 0 unspecified atom stereocenters. The molecule has 4 amide bonds.